The number of carbonyl (C=O) groups is 1. The van der Waals surface area contributed by atoms with Crippen molar-refractivity contribution in [2.45, 2.75) is 51.7 Å². The lowest BCUT2D eigenvalue weighted by Crippen LogP contribution is -2.61. The zero-order valence-electron chi connectivity index (χ0n) is 13.4. The van der Waals surface area contributed by atoms with Crippen molar-refractivity contribution in [3.05, 3.63) is 35.4 Å². The number of carbonyl (C=O) groups excluding carboxylic acids is 1. The Kier molecular flexibility index (Phi) is 5.01. The normalized spacial score (nSPS) is 18.9. The largest absolute Gasteiger partial charge is 0.368 e. The highest BCUT2D eigenvalue weighted by atomic mass is 16.1. The highest BCUT2D eigenvalue weighted by Gasteiger charge is 2.34. The number of hydrogen-bond acceptors (Lipinski definition) is 3. The molecule has 1 aromatic carbocycles. The van der Waals surface area contributed by atoms with Crippen LogP contribution in [0.15, 0.2) is 24.3 Å². The summed E-state index contributed by atoms with van der Waals surface area (Å²) in [6.07, 6.45) is 2.23. The number of benzene rings is 1. The SMILES string of the molecule is CC(C)NC(C)(CN1CCCc2ccccc2C1)C(N)=O. The molecule has 4 heteroatoms. The molecule has 0 aliphatic carbocycles. The van der Waals surface area contributed by atoms with Crippen molar-refractivity contribution in [1.29, 1.82) is 0 Å². The lowest BCUT2D eigenvalue weighted by atomic mass is 9.99. The van der Waals surface area contributed by atoms with Crippen LogP contribution < -0.4 is 11.1 Å². The van der Waals surface area contributed by atoms with Gasteiger partial charge in [0.15, 0.2) is 0 Å². The lowest BCUT2D eigenvalue weighted by Gasteiger charge is -2.35. The Morgan fingerprint density at radius 1 is 1.38 bits per heavy atom. The molecule has 2 rings (SSSR count). The topological polar surface area (TPSA) is 58.4 Å². The maximum Gasteiger partial charge on any atom is 0.238 e. The van der Waals surface area contributed by atoms with E-state index < -0.39 is 5.54 Å². The Bertz CT molecular complexity index is 501. The van der Waals surface area contributed by atoms with Gasteiger partial charge < -0.3 is 11.1 Å². The molecule has 4 nitrogen and oxygen atoms in total. The van der Waals surface area contributed by atoms with E-state index in [1.54, 1.807) is 0 Å². The average Bonchev–Trinajstić information content (AvgIpc) is 2.58. The zero-order valence-corrected chi connectivity index (χ0v) is 13.4. The van der Waals surface area contributed by atoms with Crippen molar-refractivity contribution >= 4 is 5.91 Å². The third kappa shape index (κ3) is 4.05. The van der Waals surface area contributed by atoms with Gasteiger partial charge in [-0.2, -0.15) is 0 Å². The molecular formula is C17H27N3O. The first kappa shape index (κ1) is 16.0. The van der Waals surface area contributed by atoms with Gasteiger partial charge in [-0.05, 0) is 51.3 Å². The van der Waals surface area contributed by atoms with E-state index in [4.69, 9.17) is 5.73 Å². The minimum atomic E-state index is -0.687. The molecule has 3 N–H and O–H groups in total. The van der Waals surface area contributed by atoms with E-state index in [1.165, 1.54) is 11.1 Å². The summed E-state index contributed by atoms with van der Waals surface area (Å²) in [4.78, 5) is 14.2. The maximum atomic E-state index is 11.9. The molecule has 0 bridgehead atoms. The van der Waals surface area contributed by atoms with Gasteiger partial charge in [-0.25, -0.2) is 0 Å². The Morgan fingerprint density at radius 3 is 2.67 bits per heavy atom. The molecule has 0 aromatic heterocycles. The van der Waals surface area contributed by atoms with Gasteiger partial charge in [-0.15, -0.1) is 0 Å². The number of aryl methyl sites for hydroxylation is 1. The van der Waals surface area contributed by atoms with Gasteiger partial charge in [-0.1, -0.05) is 24.3 Å². The molecule has 0 spiro atoms. The quantitative estimate of drug-likeness (QED) is 0.867. The van der Waals surface area contributed by atoms with Crippen molar-refractivity contribution in [3.8, 4) is 0 Å². The molecule has 0 radical (unpaired) electrons. The fourth-order valence-electron chi connectivity index (χ4n) is 3.18. The van der Waals surface area contributed by atoms with Crippen LogP contribution in [0.2, 0.25) is 0 Å². The van der Waals surface area contributed by atoms with Crippen LogP contribution in [-0.4, -0.2) is 35.5 Å². The first-order valence-electron chi connectivity index (χ1n) is 7.77. The number of primary amides is 1. The van der Waals surface area contributed by atoms with E-state index >= 15 is 0 Å². The third-order valence-electron chi connectivity index (χ3n) is 4.12. The zero-order chi connectivity index (χ0) is 15.5. The summed E-state index contributed by atoms with van der Waals surface area (Å²) in [5.74, 6) is -0.284. The number of amides is 1. The highest BCUT2D eigenvalue weighted by Crippen LogP contribution is 2.20. The maximum absolute atomic E-state index is 11.9. The second-order valence-electron chi connectivity index (χ2n) is 6.58. The first-order chi connectivity index (χ1) is 9.90. The standard InChI is InChI=1S/C17H27N3O/c1-13(2)19-17(3,16(18)21)12-20-10-6-9-14-7-4-5-8-15(14)11-20/h4-5,7-8,13,19H,6,9-12H2,1-3H3,(H2,18,21). The van der Waals surface area contributed by atoms with Crippen LogP contribution >= 0.6 is 0 Å². The molecule has 1 atom stereocenters. The fraction of sp³-hybridized carbons (Fsp3) is 0.588. The first-order valence-corrected chi connectivity index (χ1v) is 7.77. The highest BCUT2D eigenvalue weighted by molar-refractivity contribution is 5.84. The molecule has 1 aliphatic heterocycles. The summed E-state index contributed by atoms with van der Waals surface area (Å²) >= 11 is 0. The Balaban J connectivity index is 2.13. The van der Waals surface area contributed by atoms with Gasteiger partial charge in [0.1, 0.15) is 5.54 Å². The number of rotatable bonds is 5. The van der Waals surface area contributed by atoms with Crippen LogP contribution in [0.25, 0.3) is 0 Å². The van der Waals surface area contributed by atoms with E-state index in [0.717, 1.165) is 25.9 Å². The molecule has 0 saturated carbocycles. The minimum Gasteiger partial charge on any atom is -0.368 e. The second-order valence-corrected chi connectivity index (χ2v) is 6.58. The van der Waals surface area contributed by atoms with Crippen LogP contribution in [-0.2, 0) is 17.8 Å². The van der Waals surface area contributed by atoms with Crippen LogP contribution in [0.3, 0.4) is 0 Å². The van der Waals surface area contributed by atoms with E-state index in [1.807, 2.05) is 20.8 Å². The molecule has 116 valence electrons. The number of fused-ring (bicyclic) bond motifs is 1. The molecule has 21 heavy (non-hydrogen) atoms. The summed E-state index contributed by atoms with van der Waals surface area (Å²) in [7, 11) is 0. The number of nitrogens with two attached hydrogens (primary N) is 1. The van der Waals surface area contributed by atoms with Crippen molar-refractivity contribution in [1.82, 2.24) is 10.2 Å². The minimum absolute atomic E-state index is 0.224. The Morgan fingerprint density at radius 2 is 2.05 bits per heavy atom. The summed E-state index contributed by atoms with van der Waals surface area (Å²) in [6, 6.07) is 8.80. The summed E-state index contributed by atoms with van der Waals surface area (Å²) in [5, 5.41) is 3.33. The van der Waals surface area contributed by atoms with Gasteiger partial charge >= 0.3 is 0 Å². The molecule has 1 unspecified atom stereocenters. The smallest absolute Gasteiger partial charge is 0.238 e. The van der Waals surface area contributed by atoms with Crippen molar-refractivity contribution in [3.63, 3.8) is 0 Å². The van der Waals surface area contributed by atoms with Gasteiger partial charge in [0.05, 0.1) is 0 Å². The molecule has 1 aliphatic rings. The number of nitrogens with zero attached hydrogens (tertiary/aromatic N) is 1. The molecule has 0 fully saturated rings. The fourth-order valence-corrected chi connectivity index (χ4v) is 3.18. The average molecular weight is 289 g/mol. The second kappa shape index (κ2) is 6.58. The molecule has 1 aromatic rings. The van der Waals surface area contributed by atoms with Gasteiger partial charge in [0, 0.05) is 19.1 Å². The van der Waals surface area contributed by atoms with Gasteiger partial charge in [0.2, 0.25) is 5.91 Å². The summed E-state index contributed by atoms with van der Waals surface area (Å²) in [6.45, 7) is 8.52. The number of hydrogen-bond donors (Lipinski definition) is 2. The monoisotopic (exact) mass is 289 g/mol. The van der Waals surface area contributed by atoms with E-state index in [-0.39, 0.29) is 11.9 Å². The van der Waals surface area contributed by atoms with E-state index in [2.05, 4.69) is 34.5 Å². The van der Waals surface area contributed by atoms with Crippen LogP contribution in [0.1, 0.15) is 38.3 Å². The van der Waals surface area contributed by atoms with Crippen LogP contribution in [0.4, 0.5) is 0 Å². The Labute approximate surface area is 127 Å². The predicted molar refractivity (Wildman–Crippen MR) is 85.9 cm³/mol. The molecule has 0 saturated heterocycles. The van der Waals surface area contributed by atoms with Gasteiger partial charge in [0.25, 0.3) is 0 Å². The van der Waals surface area contributed by atoms with Crippen molar-refractivity contribution in [2.24, 2.45) is 5.73 Å². The van der Waals surface area contributed by atoms with Crippen LogP contribution in [0, 0.1) is 0 Å². The van der Waals surface area contributed by atoms with E-state index in [9.17, 15) is 4.79 Å². The van der Waals surface area contributed by atoms with Crippen molar-refractivity contribution in [2.75, 3.05) is 13.1 Å². The molecule has 1 heterocycles. The summed E-state index contributed by atoms with van der Waals surface area (Å²) < 4.78 is 0. The van der Waals surface area contributed by atoms with Gasteiger partial charge in [-0.3, -0.25) is 9.69 Å². The van der Waals surface area contributed by atoms with Crippen LogP contribution in [0.5, 0.6) is 0 Å². The molecular weight excluding hydrogens is 262 g/mol. The predicted octanol–water partition coefficient (Wildman–Crippen LogP) is 1.68. The van der Waals surface area contributed by atoms with Crippen molar-refractivity contribution < 1.29 is 4.79 Å². The molecule has 1 amide bonds. The van der Waals surface area contributed by atoms with E-state index in [0.29, 0.717) is 6.54 Å². The Hall–Kier alpha value is -1.39. The summed E-state index contributed by atoms with van der Waals surface area (Å²) in [5.41, 5.74) is 7.75. The number of nitrogens with one attached hydrogen (secondary N) is 1. The third-order valence-corrected chi connectivity index (χ3v) is 4.12. The lowest BCUT2D eigenvalue weighted by molar-refractivity contribution is -0.125.